The minimum atomic E-state index is -0.290. The predicted molar refractivity (Wildman–Crippen MR) is 93.3 cm³/mol. The van der Waals surface area contributed by atoms with E-state index in [9.17, 15) is 9.59 Å². The fourth-order valence-corrected chi connectivity index (χ4v) is 2.35. The minimum absolute atomic E-state index is 0.0955. The highest BCUT2D eigenvalue weighted by atomic mass is 16.5. The van der Waals surface area contributed by atoms with E-state index < -0.39 is 0 Å². The third-order valence-electron chi connectivity index (χ3n) is 3.64. The SMILES string of the molecule is COc1ccc2nc(CNC(=O)CNC(=O)c3ccccc3)[nH]c2c1. The van der Waals surface area contributed by atoms with Gasteiger partial charge in [-0.1, -0.05) is 18.2 Å². The maximum Gasteiger partial charge on any atom is 0.251 e. The molecule has 0 aliphatic carbocycles. The molecule has 2 amide bonds. The summed E-state index contributed by atoms with van der Waals surface area (Å²) in [7, 11) is 1.60. The molecule has 3 rings (SSSR count). The van der Waals surface area contributed by atoms with E-state index in [2.05, 4.69) is 20.6 Å². The van der Waals surface area contributed by atoms with E-state index in [1.165, 1.54) is 0 Å². The van der Waals surface area contributed by atoms with Gasteiger partial charge in [0.1, 0.15) is 11.6 Å². The van der Waals surface area contributed by atoms with Gasteiger partial charge < -0.3 is 20.4 Å². The largest absolute Gasteiger partial charge is 0.497 e. The van der Waals surface area contributed by atoms with Crippen LogP contribution in [0.5, 0.6) is 5.75 Å². The molecule has 0 atom stereocenters. The van der Waals surface area contributed by atoms with Crippen molar-refractivity contribution in [2.24, 2.45) is 0 Å². The number of hydrogen-bond donors (Lipinski definition) is 3. The van der Waals surface area contributed by atoms with Crippen molar-refractivity contribution in [1.29, 1.82) is 0 Å². The molecule has 25 heavy (non-hydrogen) atoms. The van der Waals surface area contributed by atoms with Crippen LogP contribution in [0.3, 0.4) is 0 Å². The van der Waals surface area contributed by atoms with Crippen molar-refractivity contribution < 1.29 is 14.3 Å². The summed E-state index contributed by atoms with van der Waals surface area (Å²) in [4.78, 5) is 31.3. The molecular weight excluding hydrogens is 320 g/mol. The molecule has 0 saturated carbocycles. The molecule has 3 aromatic rings. The van der Waals surface area contributed by atoms with Gasteiger partial charge in [0.25, 0.3) is 5.91 Å². The summed E-state index contributed by atoms with van der Waals surface area (Å²) in [6, 6.07) is 14.3. The van der Waals surface area contributed by atoms with Crippen molar-refractivity contribution in [1.82, 2.24) is 20.6 Å². The van der Waals surface area contributed by atoms with E-state index in [-0.39, 0.29) is 24.9 Å². The number of benzene rings is 2. The zero-order valence-corrected chi connectivity index (χ0v) is 13.7. The highest BCUT2D eigenvalue weighted by Gasteiger charge is 2.09. The Kier molecular flexibility index (Phi) is 4.94. The Hall–Kier alpha value is -3.35. The zero-order chi connectivity index (χ0) is 17.6. The molecule has 0 radical (unpaired) electrons. The van der Waals surface area contributed by atoms with Gasteiger partial charge in [0.15, 0.2) is 0 Å². The van der Waals surface area contributed by atoms with Gasteiger partial charge in [-0.15, -0.1) is 0 Å². The third-order valence-corrected chi connectivity index (χ3v) is 3.64. The number of methoxy groups -OCH3 is 1. The number of ether oxygens (including phenoxy) is 1. The number of aromatic nitrogens is 2. The summed E-state index contributed by atoms with van der Waals surface area (Å²) in [6.45, 7) is 0.152. The van der Waals surface area contributed by atoms with E-state index in [0.29, 0.717) is 11.4 Å². The summed E-state index contributed by atoms with van der Waals surface area (Å²) in [5.41, 5.74) is 2.14. The molecule has 0 saturated heterocycles. The van der Waals surface area contributed by atoms with Gasteiger partial charge in [-0.25, -0.2) is 4.98 Å². The van der Waals surface area contributed by atoms with Crippen LogP contribution in [0.2, 0.25) is 0 Å². The predicted octanol–water partition coefficient (Wildman–Crippen LogP) is 1.62. The average Bonchev–Trinajstić information content (AvgIpc) is 3.07. The second kappa shape index (κ2) is 7.48. The topological polar surface area (TPSA) is 96.1 Å². The number of H-pyrrole nitrogens is 1. The quantitative estimate of drug-likeness (QED) is 0.636. The smallest absolute Gasteiger partial charge is 0.251 e. The highest BCUT2D eigenvalue weighted by molar-refractivity contribution is 5.96. The summed E-state index contributed by atoms with van der Waals surface area (Å²) < 4.78 is 5.16. The number of fused-ring (bicyclic) bond motifs is 1. The summed E-state index contributed by atoms with van der Waals surface area (Å²) in [5, 5.41) is 5.30. The molecule has 0 bridgehead atoms. The number of nitrogens with zero attached hydrogens (tertiary/aromatic N) is 1. The van der Waals surface area contributed by atoms with E-state index in [4.69, 9.17) is 4.74 Å². The van der Waals surface area contributed by atoms with Crippen LogP contribution in [0, 0.1) is 0 Å². The van der Waals surface area contributed by atoms with Crippen molar-refractivity contribution in [3.8, 4) is 5.75 Å². The second-order valence-corrected chi connectivity index (χ2v) is 5.39. The lowest BCUT2D eigenvalue weighted by molar-refractivity contribution is -0.120. The maximum atomic E-state index is 11.9. The van der Waals surface area contributed by atoms with Gasteiger partial charge in [-0.3, -0.25) is 9.59 Å². The monoisotopic (exact) mass is 338 g/mol. The molecule has 128 valence electrons. The minimum Gasteiger partial charge on any atom is -0.497 e. The van der Waals surface area contributed by atoms with Crippen LogP contribution in [0.15, 0.2) is 48.5 Å². The molecule has 2 aromatic carbocycles. The molecule has 1 heterocycles. The number of hydrogen-bond acceptors (Lipinski definition) is 4. The lowest BCUT2D eigenvalue weighted by atomic mass is 10.2. The van der Waals surface area contributed by atoms with Crippen molar-refractivity contribution >= 4 is 22.8 Å². The summed E-state index contributed by atoms with van der Waals surface area (Å²) in [6.07, 6.45) is 0. The van der Waals surface area contributed by atoms with Crippen LogP contribution in [-0.2, 0) is 11.3 Å². The maximum absolute atomic E-state index is 11.9. The number of rotatable bonds is 6. The molecule has 0 aliphatic heterocycles. The van der Waals surface area contributed by atoms with Crippen LogP contribution in [0.25, 0.3) is 11.0 Å². The standard InChI is InChI=1S/C18H18N4O3/c1-25-13-7-8-14-15(9-13)22-16(21-14)10-19-17(23)11-20-18(24)12-5-3-2-4-6-12/h2-9H,10-11H2,1H3,(H,19,23)(H,20,24)(H,21,22). The van der Waals surface area contributed by atoms with E-state index >= 15 is 0 Å². The zero-order valence-electron chi connectivity index (χ0n) is 13.7. The number of imidazole rings is 1. The van der Waals surface area contributed by atoms with E-state index in [1.54, 1.807) is 31.4 Å². The van der Waals surface area contributed by atoms with Gasteiger partial charge in [0.2, 0.25) is 5.91 Å². The molecule has 0 fully saturated rings. The highest BCUT2D eigenvalue weighted by Crippen LogP contribution is 2.18. The van der Waals surface area contributed by atoms with Crippen LogP contribution in [-0.4, -0.2) is 35.4 Å². The number of nitrogens with one attached hydrogen (secondary N) is 3. The first kappa shape index (κ1) is 16.5. The molecule has 0 aliphatic rings. The van der Waals surface area contributed by atoms with Gasteiger partial charge in [-0.2, -0.15) is 0 Å². The first-order valence-electron chi connectivity index (χ1n) is 7.78. The van der Waals surface area contributed by atoms with Gasteiger partial charge in [0, 0.05) is 11.6 Å². The first-order chi connectivity index (χ1) is 12.2. The van der Waals surface area contributed by atoms with E-state index in [1.807, 2.05) is 24.3 Å². The van der Waals surface area contributed by atoms with Crippen LogP contribution in [0.1, 0.15) is 16.2 Å². The Morgan fingerprint density at radius 1 is 1.12 bits per heavy atom. The fraction of sp³-hybridized carbons (Fsp3) is 0.167. The molecule has 7 heteroatoms. The Morgan fingerprint density at radius 3 is 2.68 bits per heavy atom. The molecule has 0 spiro atoms. The summed E-state index contributed by atoms with van der Waals surface area (Å²) in [5.74, 6) is 0.787. The Bertz CT molecular complexity index is 890. The van der Waals surface area contributed by atoms with Gasteiger partial charge in [0.05, 0.1) is 31.2 Å². The third kappa shape index (κ3) is 4.14. The number of carbonyl (C=O) groups is 2. The number of carbonyl (C=O) groups excluding carboxylic acids is 2. The second-order valence-electron chi connectivity index (χ2n) is 5.39. The summed E-state index contributed by atoms with van der Waals surface area (Å²) >= 11 is 0. The van der Waals surface area contributed by atoms with Crippen molar-refractivity contribution in [3.05, 3.63) is 59.9 Å². The molecule has 3 N–H and O–H groups in total. The van der Waals surface area contributed by atoms with Crippen molar-refractivity contribution in [2.45, 2.75) is 6.54 Å². The molecule has 1 aromatic heterocycles. The molecule has 0 unspecified atom stereocenters. The lowest BCUT2D eigenvalue weighted by Gasteiger charge is -2.05. The number of aromatic amines is 1. The average molecular weight is 338 g/mol. The van der Waals surface area contributed by atoms with Crippen LogP contribution >= 0.6 is 0 Å². The Balaban J connectivity index is 1.51. The first-order valence-corrected chi connectivity index (χ1v) is 7.78. The van der Waals surface area contributed by atoms with Crippen LogP contribution in [0.4, 0.5) is 0 Å². The lowest BCUT2D eigenvalue weighted by Crippen LogP contribution is -2.36. The van der Waals surface area contributed by atoms with Crippen molar-refractivity contribution in [2.75, 3.05) is 13.7 Å². The fourth-order valence-electron chi connectivity index (χ4n) is 2.35. The molecular formula is C18H18N4O3. The number of amides is 2. The van der Waals surface area contributed by atoms with E-state index in [0.717, 1.165) is 16.8 Å². The molecule has 7 nitrogen and oxygen atoms in total. The van der Waals surface area contributed by atoms with Gasteiger partial charge in [-0.05, 0) is 24.3 Å². The van der Waals surface area contributed by atoms with Crippen molar-refractivity contribution in [3.63, 3.8) is 0 Å². The Morgan fingerprint density at radius 2 is 1.92 bits per heavy atom. The normalized spacial score (nSPS) is 10.4. The Labute approximate surface area is 144 Å². The van der Waals surface area contributed by atoms with Crippen LogP contribution < -0.4 is 15.4 Å². The van der Waals surface area contributed by atoms with Gasteiger partial charge >= 0.3 is 0 Å².